The van der Waals surface area contributed by atoms with E-state index in [4.69, 9.17) is 4.98 Å². The lowest BCUT2D eigenvalue weighted by Gasteiger charge is -2.22. The van der Waals surface area contributed by atoms with Crippen LogP contribution in [0.3, 0.4) is 0 Å². The summed E-state index contributed by atoms with van der Waals surface area (Å²) >= 11 is 1.52. The summed E-state index contributed by atoms with van der Waals surface area (Å²) in [6.45, 7) is 8.75. The summed E-state index contributed by atoms with van der Waals surface area (Å²) in [6, 6.07) is 8.52. The molecule has 1 amide bonds. The van der Waals surface area contributed by atoms with Gasteiger partial charge in [0.05, 0.1) is 10.4 Å². The third kappa shape index (κ3) is 3.94. The summed E-state index contributed by atoms with van der Waals surface area (Å²) < 4.78 is 0. The first kappa shape index (κ1) is 21.7. The highest BCUT2D eigenvalue weighted by molar-refractivity contribution is 7.18. The van der Waals surface area contributed by atoms with Crippen molar-refractivity contribution in [2.75, 3.05) is 26.7 Å². The Hall–Kier alpha value is -3.10. The molecule has 33 heavy (non-hydrogen) atoms. The number of amides is 1. The van der Waals surface area contributed by atoms with Crippen molar-refractivity contribution >= 4 is 28.1 Å². The van der Waals surface area contributed by atoms with Crippen LogP contribution in [0.25, 0.3) is 32.0 Å². The second kappa shape index (κ2) is 8.68. The number of H-pyrrole nitrogens is 1. The molecular weight excluding hydrogens is 432 g/mol. The molecule has 0 spiro atoms. The third-order valence-corrected chi connectivity index (χ3v) is 7.66. The van der Waals surface area contributed by atoms with Crippen molar-refractivity contribution in [3.8, 4) is 21.1 Å². The molecule has 0 unspecified atom stereocenters. The van der Waals surface area contributed by atoms with Crippen LogP contribution in [0.1, 0.15) is 35.0 Å². The van der Waals surface area contributed by atoms with Gasteiger partial charge in [-0.05, 0) is 51.6 Å². The Bertz CT molecular complexity index is 1310. The molecule has 1 atom stereocenters. The zero-order chi connectivity index (χ0) is 23.1. The van der Waals surface area contributed by atoms with E-state index >= 15 is 0 Å². The van der Waals surface area contributed by atoms with Gasteiger partial charge in [0.15, 0.2) is 0 Å². The van der Waals surface area contributed by atoms with Crippen molar-refractivity contribution < 1.29 is 4.79 Å². The fourth-order valence-electron chi connectivity index (χ4n) is 4.59. The molecule has 7 nitrogen and oxygen atoms in total. The number of aromatic nitrogens is 4. The summed E-state index contributed by atoms with van der Waals surface area (Å²) in [5, 5.41) is 9.52. The monoisotopic (exact) mass is 460 g/mol. The average molecular weight is 461 g/mol. The first-order valence-corrected chi connectivity index (χ1v) is 12.1. The molecule has 4 aromatic rings. The number of likely N-dealkylation sites (tertiary alicyclic amines) is 1. The van der Waals surface area contributed by atoms with Crippen LogP contribution in [-0.4, -0.2) is 68.6 Å². The standard InChI is InChI=1S/C25H28N6OS/c1-5-30(4)18-8-10-31(14-18)25(32)22-23(17-7-6-9-26-13-17)33-24(27-22)21-19-12-15(2)11-16(3)20(19)28-29-21/h6-7,9,11-13,18H,5,8,10,14H2,1-4H3,(H,28,29)/t18-/m0/s1. The number of aromatic amines is 1. The zero-order valence-corrected chi connectivity index (χ0v) is 20.2. The molecule has 4 heterocycles. The topological polar surface area (TPSA) is 78.0 Å². The van der Waals surface area contributed by atoms with Gasteiger partial charge in [0.1, 0.15) is 16.4 Å². The number of thiazole rings is 1. The number of nitrogens with zero attached hydrogens (tertiary/aromatic N) is 5. The second-order valence-corrected chi connectivity index (χ2v) is 9.78. The summed E-state index contributed by atoms with van der Waals surface area (Å²) in [4.78, 5) is 27.9. The highest BCUT2D eigenvalue weighted by Gasteiger charge is 2.32. The van der Waals surface area contributed by atoms with Gasteiger partial charge in [-0.25, -0.2) is 4.98 Å². The van der Waals surface area contributed by atoms with Gasteiger partial charge in [-0.3, -0.25) is 14.9 Å². The number of pyridine rings is 1. The zero-order valence-electron chi connectivity index (χ0n) is 19.4. The molecule has 1 aromatic carbocycles. The first-order chi connectivity index (χ1) is 16.0. The highest BCUT2D eigenvalue weighted by Crippen LogP contribution is 2.38. The van der Waals surface area contributed by atoms with E-state index in [1.807, 2.05) is 17.0 Å². The van der Waals surface area contributed by atoms with Crippen LogP contribution in [0.2, 0.25) is 0 Å². The van der Waals surface area contributed by atoms with Gasteiger partial charge in [0.2, 0.25) is 0 Å². The van der Waals surface area contributed by atoms with Gasteiger partial charge < -0.3 is 9.80 Å². The number of benzene rings is 1. The maximum Gasteiger partial charge on any atom is 0.274 e. The van der Waals surface area contributed by atoms with E-state index in [0.29, 0.717) is 11.7 Å². The Morgan fingerprint density at radius 2 is 2.18 bits per heavy atom. The second-order valence-electron chi connectivity index (χ2n) is 8.78. The van der Waals surface area contributed by atoms with Gasteiger partial charge in [-0.1, -0.05) is 24.6 Å². The van der Waals surface area contributed by atoms with Crippen molar-refractivity contribution in [3.05, 3.63) is 53.5 Å². The van der Waals surface area contributed by atoms with Gasteiger partial charge in [0.25, 0.3) is 5.91 Å². The number of carbonyl (C=O) groups excluding carboxylic acids is 1. The number of aryl methyl sites for hydroxylation is 2. The Morgan fingerprint density at radius 1 is 1.33 bits per heavy atom. The van der Waals surface area contributed by atoms with E-state index in [1.54, 1.807) is 12.4 Å². The lowest BCUT2D eigenvalue weighted by atomic mass is 10.1. The van der Waals surface area contributed by atoms with Crippen LogP contribution in [0.5, 0.6) is 0 Å². The Balaban J connectivity index is 1.58. The number of rotatable bonds is 5. The number of nitrogens with one attached hydrogen (secondary N) is 1. The molecule has 1 saturated heterocycles. The minimum atomic E-state index is -0.0143. The quantitative estimate of drug-likeness (QED) is 0.473. The highest BCUT2D eigenvalue weighted by atomic mass is 32.1. The predicted molar refractivity (Wildman–Crippen MR) is 133 cm³/mol. The van der Waals surface area contributed by atoms with E-state index in [9.17, 15) is 4.79 Å². The lowest BCUT2D eigenvalue weighted by Crippen LogP contribution is -2.36. The van der Waals surface area contributed by atoms with Crippen LogP contribution in [0, 0.1) is 13.8 Å². The smallest absolute Gasteiger partial charge is 0.274 e. The van der Waals surface area contributed by atoms with E-state index in [1.165, 1.54) is 16.9 Å². The molecule has 1 fully saturated rings. The molecule has 0 aliphatic carbocycles. The number of hydrogen-bond donors (Lipinski definition) is 1. The molecule has 0 saturated carbocycles. The third-order valence-electron chi connectivity index (χ3n) is 6.53. The first-order valence-electron chi connectivity index (χ1n) is 11.3. The Kier molecular flexibility index (Phi) is 5.72. The fourth-order valence-corrected chi connectivity index (χ4v) is 5.65. The van der Waals surface area contributed by atoms with Crippen molar-refractivity contribution in [2.45, 2.75) is 33.2 Å². The maximum atomic E-state index is 13.7. The van der Waals surface area contributed by atoms with Crippen molar-refractivity contribution in [1.82, 2.24) is 30.0 Å². The van der Waals surface area contributed by atoms with Crippen LogP contribution in [0.15, 0.2) is 36.7 Å². The maximum absolute atomic E-state index is 13.7. The molecule has 3 aromatic heterocycles. The molecule has 170 valence electrons. The Labute approximate surface area is 197 Å². The molecular formula is C25H28N6OS. The van der Waals surface area contributed by atoms with Crippen LogP contribution in [0.4, 0.5) is 0 Å². The Morgan fingerprint density at radius 3 is 2.94 bits per heavy atom. The molecule has 0 radical (unpaired) electrons. The molecule has 1 N–H and O–H groups in total. The van der Waals surface area contributed by atoms with E-state index in [2.05, 4.69) is 60.0 Å². The molecule has 0 bridgehead atoms. The normalized spacial score (nSPS) is 16.3. The van der Waals surface area contributed by atoms with Gasteiger partial charge in [0, 0.05) is 42.5 Å². The van der Waals surface area contributed by atoms with E-state index < -0.39 is 0 Å². The van der Waals surface area contributed by atoms with Gasteiger partial charge >= 0.3 is 0 Å². The molecule has 1 aliphatic rings. The van der Waals surface area contributed by atoms with Crippen LogP contribution >= 0.6 is 11.3 Å². The summed E-state index contributed by atoms with van der Waals surface area (Å²) in [7, 11) is 2.12. The van der Waals surface area contributed by atoms with Gasteiger partial charge in [-0.15, -0.1) is 11.3 Å². The summed E-state index contributed by atoms with van der Waals surface area (Å²) in [5.74, 6) is -0.0143. The van der Waals surface area contributed by atoms with Crippen LogP contribution < -0.4 is 0 Å². The largest absolute Gasteiger partial charge is 0.336 e. The molecule has 8 heteroatoms. The minimum absolute atomic E-state index is 0.0143. The summed E-state index contributed by atoms with van der Waals surface area (Å²) in [6.07, 6.45) is 4.52. The number of likely N-dealkylation sites (N-methyl/N-ethyl adjacent to an activating group) is 1. The number of hydrogen-bond acceptors (Lipinski definition) is 6. The fraction of sp³-hybridized carbons (Fsp3) is 0.360. The number of carbonyl (C=O) groups is 1. The SMILES string of the molecule is CCN(C)[C@H]1CCN(C(=O)c2nc(-c3[nH]nc4c(C)cc(C)cc34)sc2-c2cccnc2)C1. The van der Waals surface area contributed by atoms with Crippen LogP contribution in [-0.2, 0) is 0 Å². The lowest BCUT2D eigenvalue weighted by molar-refractivity contribution is 0.0777. The van der Waals surface area contributed by atoms with E-state index in [0.717, 1.165) is 63.7 Å². The van der Waals surface area contributed by atoms with Crippen molar-refractivity contribution in [3.63, 3.8) is 0 Å². The van der Waals surface area contributed by atoms with Crippen molar-refractivity contribution in [1.29, 1.82) is 0 Å². The number of fused-ring (bicyclic) bond motifs is 1. The molecule has 1 aliphatic heterocycles. The summed E-state index contributed by atoms with van der Waals surface area (Å²) in [5.41, 5.74) is 5.49. The minimum Gasteiger partial charge on any atom is -0.336 e. The average Bonchev–Trinajstić information content (AvgIpc) is 3.56. The molecule has 5 rings (SSSR count). The van der Waals surface area contributed by atoms with Gasteiger partial charge in [-0.2, -0.15) is 5.10 Å². The predicted octanol–water partition coefficient (Wildman–Crippen LogP) is 4.53. The van der Waals surface area contributed by atoms with E-state index in [-0.39, 0.29) is 5.91 Å². The van der Waals surface area contributed by atoms with Crippen molar-refractivity contribution in [2.24, 2.45) is 0 Å².